The van der Waals surface area contributed by atoms with Crippen LogP contribution in [0.15, 0.2) is 30.6 Å². The topological polar surface area (TPSA) is 88.6 Å². The van der Waals surface area contributed by atoms with Gasteiger partial charge in [0.1, 0.15) is 13.2 Å². The number of anilines is 2. The minimum absolute atomic E-state index is 0.172. The molecule has 3 rings (SSSR count). The molecule has 0 atom stereocenters. The van der Waals surface area contributed by atoms with Gasteiger partial charge in [-0.1, -0.05) is 0 Å². The number of ether oxygens (including phenoxy) is 2. The van der Waals surface area contributed by atoms with Gasteiger partial charge in [0.2, 0.25) is 5.95 Å². The minimum atomic E-state index is -0.172. The molecule has 1 aromatic carbocycles. The minimum Gasteiger partial charge on any atom is -0.486 e. The number of hydrogen-bond donors (Lipinski definition) is 2. The monoisotopic (exact) mass is 357 g/mol. The van der Waals surface area contributed by atoms with E-state index in [0.717, 1.165) is 24.4 Å². The molecule has 1 amide bonds. The molecule has 0 saturated carbocycles. The second-order valence-electron chi connectivity index (χ2n) is 6.19. The molecule has 26 heavy (non-hydrogen) atoms. The molecular formula is C18H23N5O3. The number of hydrogen-bond acceptors (Lipinski definition) is 7. The van der Waals surface area contributed by atoms with Gasteiger partial charge in [-0.3, -0.25) is 4.79 Å². The Kier molecular flexibility index (Phi) is 5.85. The van der Waals surface area contributed by atoms with E-state index >= 15 is 0 Å². The lowest BCUT2D eigenvalue weighted by atomic mass is 10.2. The summed E-state index contributed by atoms with van der Waals surface area (Å²) in [6, 6.07) is 5.54. The zero-order chi connectivity index (χ0) is 18.4. The first kappa shape index (κ1) is 17.9. The summed E-state index contributed by atoms with van der Waals surface area (Å²) in [4.78, 5) is 22.5. The van der Waals surface area contributed by atoms with E-state index < -0.39 is 0 Å². The molecule has 1 aromatic heterocycles. The first-order valence-electron chi connectivity index (χ1n) is 8.53. The Morgan fingerprint density at radius 2 is 1.88 bits per heavy atom. The van der Waals surface area contributed by atoms with E-state index in [1.165, 1.54) is 12.4 Å². The molecule has 0 fully saturated rings. The summed E-state index contributed by atoms with van der Waals surface area (Å²) in [5, 5.41) is 5.95. The summed E-state index contributed by atoms with van der Waals surface area (Å²) in [5.41, 5.74) is 1.22. The number of carbonyl (C=O) groups excluding carboxylic acids is 1. The van der Waals surface area contributed by atoms with Crippen LogP contribution in [0.25, 0.3) is 0 Å². The maximum absolute atomic E-state index is 12.1. The molecular weight excluding hydrogens is 334 g/mol. The average molecular weight is 357 g/mol. The second kappa shape index (κ2) is 8.48. The summed E-state index contributed by atoms with van der Waals surface area (Å²) in [6.07, 6.45) is 3.91. The van der Waals surface area contributed by atoms with Crippen molar-refractivity contribution >= 4 is 17.5 Å². The highest BCUT2D eigenvalue weighted by molar-refractivity contribution is 5.93. The van der Waals surface area contributed by atoms with Crippen LogP contribution >= 0.6 is 0 Å². The van der Waals surface area contributed by atoms with Crippen LogP contribution in [0.2, 0.25) is 0 Å². The van der Waals surface area contributed by atoms with Crippen LogP contribution in [0.3, 0.4) is 0 Å². The van der Waals surface area contributed by atoms with Gasteiger partial charge in [-0.25, -0.2) is 9.97 Å². The summed E-state index contributed by atoms with van der Waals surface area (Å²) in [5.74, 6) is 1.65. The van der Waals surface area contributed by atoms with Crippen LogP contribution in [0.1, 0.15) is 16.8 Å². The third-order valence-electron chi connectivity index (χ3n) is 3.78. The summed E-state index contributed by atoms with van der Waals surface area (Å²) < 4.78 is 11.0. The molecule has 0 radical (unpaired) electrons. The van der Waals surface area contributed by atoms with Crippen LogP contribution in [-0.4, -0.2) is 61.2 Å². The number of nitrogens with one attached hydrogen (secondary N) is 2. The Morgan fingerprint density at radius 1 is 1.15 bits per heavy atom. The van der Waals surface area contributed by atoms with Crippen molar-refractivity contribution in [1.82, 2.24) is 20.2 Å². The lowest BCUT2D eigenvalue weighted by molar-refractivity contribution is 0.0951. The van der Waals surface area contributed by atoms with Gasteiger partial charge in [0, 0.05) is 30.7 Å². The molecule has 1 aliphatic rings. The first-order valence-corrected chi connectivity index (χ1v) is 8.53. The normalized spacial score (nSPS) is 12.7. The van der Waals surface area contributed by atoms with Gasteiger partial charge in [0.05, 0.1) is 5.56 Å². The van der Waals surface area contributed by atoms with Crippen molar-refractivity contribution in [1.29, 1.82) is 0 Å². The van der Waals surface area contributed by atoms with Crippen LogP contribution in [0, 0.1) is 0 Å². The maximum Gasteiger partial charge on any atom is 0.254 e. The maximum atomic E-state index is 12.1. The number of amides is 1. The van der Waals surface area contributed by atoms with Crippen molar-refractivity contribution in [3.63, 3.8) is 0 Å². The van der Waals surface area contributed by atoms with Crippen LogP contribution in [-0.2, 0) is 0 Å². The van der Waals surface area contributed by atoms with E-state index in [-0.39, 0.29) is 5.91 Å². The van der Waals surface area contributed by atoms with Gasteiger partial charge >= 0.3 is 0 Å². The predicted octanol–water partition coefficient (Wildman–Crippen LogP) is 1.67. The van der Waals surface area contributed by atoms with Crippen LogP contribution in [0.5, 0.6) is 11.5 Å². The van der Waals surface area contributed by atoms with E-state index in [1.54, 1.807) is 0 Å². The van der Waals surface area contributed by atoms with Gasteiger partial charge in [-0.15, -0.1) is 0 Å². The molecule has 0 bridgehead atoms. The predicted molar refractivity (Wildman–Crippen MR) is 98.3 cm³/mol. The van der Waals surface area contributed by atoms with Crippen molar-refractivity contribution in [2.75, 3.05) is 45.7 Å². The van der Waals surface area contributed by atoms with Crippen molar-refractivity contribution in [2.24, 2.45) is 0 Å². The first-order chi connectivity index (χ1) is 12.6. The van der Waals surface area contributed by atoms with E-state index in [4.69, 9.17) is 9.47 Å². The van der Waals surface area contributed by atoms with E-state index in [9.17, 15) is 4.79 Å². The van der Waals surface area contributed by atoms with Gasteiger partial charge < -0.3 is 25.0 Å². The number of benzene rings is 1. The number of rotatable bonds is 7. The van der Waals surface area contributed by atoms with E-state index in [1.807, 2.05) is 32.3 Å². The summed E-state index contributed by atoms with van der Waals surface area (Å²) in [6.45, 7) is 2.64. The Morgan fingerprint density at radius 3 is 2.62 bits per heavy atom. The number of fused-ring (bicyclic) bond motifs is 1. The van der Waals surface area contributed by atoms with Crippen molar-refractivity contribution in [3.05, 3.63) is 36.2 Å². The molecule has 0 aliphatic carbocycles. The standard InChI is InChI=1S/C18H23N5O3/c1-23(2)7-3-6-19-17(24)13-11-20-18(21-12-13)22-14-4-5-15-16(10-14)26-9-8-25-15/h4-5,10-12H,3,6-9H2,1-2H3,(H,19,24)(H,20,21,22). The fourth-order valence-corrected chi connectivity index (χ4v) is 2.46. The fraction of sp³-hybridized carbons (Fsp3) is 0.389. The van der Waals surface area contributed by atoms with Gasteiger partial charge in [0.15, 0.2) is 11.5 Å². The second-order valence-corrected chi connectivity index (χ2v) is 6.19. The van der Waals surface area contributed by atoms with Crippen LogP contribution < -0.4 is 20.1 Å². The molecule has 8 heteroatoms. The van der Waals surface area contributed by atoms with E-state index in [2.05, 4.69) is 25.5 Å². The number of nitrogens with zero attached hydrogens (tertiary/aromatic N) is 3. The zero-order valence-electron chi connectivity index (χ0n) is 15.0. The Hall–Kier alpha value is -2.87. The fourth-order valence-electron chi connectivity index (χ4n) is 2.46. The number of aromatic nitrogens is 2. The zero-order valence-corrected chi connectivity index (χ0v) is 15.0. The van der Waals surface area contributed by atoms with Crippen molar-refractivity contribution < 1.29 is 14.3 Å². The quantitative estimate of drug-likeness (QED) is 0.729. The third kappa shape index (κ3) is 4.82. The van der Waals surface area contributed by atoms with Gasteiger partial charge in [-0.05, 0) is 39.2 Å². The molecule has 2 N–H and O–H groups in total. The summed E-state index contributed by atoms with van der Waals surface area (Å²) >= 11 is 0. The molecule has 0 saturated heterocycles. The highest BCUT2D eigenvalue weighted by Crippen LogP contribution is 2.33. The highest BCUT2D eigenvalue weighted by Gasteiger charge is 2.12. The molecule has 138 valence electrons. The molecule has 0 spiro atoms. The van der Waals surface area contributed by atoms with Gasteiger partial charge in [-0.2, -0.15) is 0 Å². The molecule has 2 heterocycles. The SMILES string of the molecule is CN(C)CCCNC(=O)c1cnc(Nc2ccc3c(c2)OCCO3)nc1. The lowest BCUT2D eigenvalue weighted by Gasteiger charge is -2.19. The Balaban J connectivity index is 1.55. The summed E-state index contributed by atoms with van der Waals surface area (Å²) in [7, 11) is 4.01. The van der Waals surface area contributed by atoms with Crippen molar-refractivity contribution in [2.45, 2.75) is 6.42 Å². The van der Waals surface area contributed by atoms with Gasteiger partial charge in [0.25, 0.3) is 5.91 Å². The molecule has 8 nitrogen and oxygen atoms in total. The van der Waals surface area contributed by atoms with Crippen LogP contribution in [0.4, 0.5) is 11.6 Å². The average Bonchev–Trinajstić information content (AvgIpc) is 2.65. The molecule has 0 unspecified atom stereocenters. The number of carbonyl (C=O) groups is 1. The van der Waals surface area contributed by atoms with Crippen molar-refractivity contribution in [3.8, 4) is 11.5 Å². The molecule has 1 aliphatic heterocycles. The largest absolute Gasteiger partial charge is 0.486 e. The third-order valence-corrected chi connectivity index (χ3v) is 3.78. The lowest BCUT2D eigenvalue weighted by Crippen LogP contribution is -2.27. The highest BCUT2D eigenvalue weighted by atomic mass is 16.6. The smallest absolute Gasteiger partial charge is 0.254 e. The molecule has 2 aromatic rings. The van der Waals surface area contributed by atoms with E-state index in [0.29, 0.717) is 37.0 Å². The Bertz CT molecular complexity index is 749. The Labute approximate surface area is 152 Å².